The molecule has 1 aromatic carbocycles. The highest BCUT2D eigenvalue weighted by molar-refractivity contribution is 5.94. The molecule has 0 bridgehead atoms. The quantitative estimate of drug-likeness (QED) is 0.721. The number of hydrogen-bond acceptors (Lipinski definition) is 7. The Morgan fingerprint density at radius 1 is 1.21 bits per heavy atom. The second kappa shape index (κ2) is 7.71. The number of nitrogens with one attached hydrogen (secondary N) is 1. The van der Waals surface area contributed by atoms with Crippen molar-refractivity contribution >= 4 is 23.1 Å². The number of methoxy groups -OCH3 is 2. The van der Waals surface area contributed by atoms with Crippen LogP contribution in [0.4, 0.5) is 11.5 Å². The van der Waals surface area contributed by atoms with Crippen LogP contribution in [0.5, 0.6) is 11.5 Å². The van der Waals surface area contributed by atoms with E-state index in [1.165, 1.54) is 0 Å². The van der Waals surface area contributed by atoms with Gasteiger partial charge in [0.1, 0.15) is 23.6 Å². The van der Waals surface area contributed by atoms with Crippen LogP contribution in [0, 0.1) is 5.92 Å². The van der Waals surface area contributed by atoms with Gasteiger partial charge < -0.3 is 19.7 Å². The first kappa shape index (κ1) is 18.0. The van der Waals surface area contributed by atoms with Crippen molar-refractivity contribution in [1.82, 2.24) is 19.8 Å². The summed E-state index contributed by atoms with van der Waals surface area (Å²) in [6.07, 6.45) is 3.32. The first-order valence-electron chi connectivity index (χ1n) is 9.13. The Morgan fingerprint density at radius 3 is 2.93 bits per heavy atom. The summed E-state index contributed by atoms with van der Waals surface area (Å²) in [6.45, 7) is 1.46. The molecule has 28 heavy (non-hydrogen) atoms. The van der Waals surface area contributed by atoms with E-state index < -0.39 is 0 Å². The lowest BCUT2D eigenvalue weighted by Crippen LogP contribution is -2.41. The van der Waals surface area contributed by atoms with Crippen molar-refractivity contribution < 1.29 is 14.3 Å². The maximum atomic E-state index is 12.9. The molecule has 2 aromatic heterocycles. The summed E-state index contributed by atoms with van der Waals surface area (Å²) in [6, 6.07) is 9.13. The van der Waals surface area contributed by atoms with Crippen molar-refractivity contribution in [3.8, 4) is 11.5 Å². The molecule has 0 aliphatic carbocycles. The van der Waals surface area contributed by atoms with Crippen LogP contribution in [-0.2, 0) is 4.79 Å². The molecule has 9 heteroatoms. The van der Waals surface area contributed by atoms with Gasteiger partial charge in [-0.25, -0.2) is 0 Å². The van der Waals surface area contributed by atoms with Gasteiger partial charge in [0.25, 0.3) is 0 Å². The van der Waals surface area contributed by atoms with Crippen molar-refractivity contribution in [2.75, 3.05) is 37.5 Å². The number of benzene rings is 1. The van der Waals surface area contributed by atoms with Crippen LogP contribution in [0.3, 0.4) is 0 Å². The fraction of sp³-hybridized carbons (Fsp3) is 0.368. The van der Waals surface area contributed by atoms with E-state index in [9.17, 15) is 4.79 Å². The highest BCUT2D eigenvalue weighted by Gasteiger charge is 2.27. The van der Waals surface area contributed by atoms with Crippen LogP contribution in [0.15, 0.2) is 36.7 Å². The Hall–Kier alpha value is -3.36. The molecule has 3 aromatic rings. The molecule has 1 amide bonds. The number of amides is 1. The first-order chi connectivity index (χ1) is 13.7. The number of fused-ring (bicyclic) bond motifs is 1. The minimum atomic E-state index is -0.140. The molecule has 0 radical (unpaired) electrons. The predicted octanol–water partition coefficient (Wildman–Crippen LogP) is 2.00. The largest absolute Gasteiger partial charge is 0.497 e. The van der Waals surface area contributed by atoms with Crippen LogP contribution < -0.4 is 19.7 Å². The van der Waals surface area contributed by atoms with Gasteiger partial charge in [-0.15, -0.1) is 15.3 Å². The van der Waals surface area contributed by atoms with Crippen molar-refractivity contribution in [3.63, 3.8) is 0 Å². The summed E-state index contributed by atoms with van der Waals surface area (Å²) < 4.78 is 12.2. The molecule has 146 valence electrons. The van der Waals surface area contributed by atoms with E-state index in [2.05, 4.69) is 25.5 Å². The lowest BCUT2D eigenvalue weighted by atomic mass is 9.97. The summed E-state index contributed by atoms with van der Waals surface area (Å²) in [5.41, 5.74) is 1.33. The van der Waals surface area contributed by atoms with Gasteiger partial charge in [-0.05, 0) is 37.1 Å². The number of hydrogen-bond donors (Lipinski definition) is 1. The smallest absolute Gasteiger partial charge is 0.229 e. The molecule has 1 fully saturated rings. The van der Waals surface area contributed by atoms with Crippen LogP contribution in [0.1, 0.15) is 12.8 Å². The van der Waals surface area contributed by atoms with E-state index in [0.717, 1.165) is 25.2 Å². The van der Waals surface area contributed by atoms with Crippen LogP contribution >= 0.6 is 0 Å². The van der Waals surface area contributed by atoms with E-state index >= 15 is 0 Å². The van der Waals surface area contributed by atoms with Crippen molar-refractivity contribution in [3.05, 3.63) is 36.7 Å². The molecular formula is C19H22N6O3. The first-order valence-corrected chi connectivity index (χ1v) is 9.13. The highest BCUT2D eigenvalue weighted by Crippen LogP contribution is 2.30. The molecule has 9 nitrogen and oxygen atoms in total. The summed E-state index contributed by atoms with van der Waals surface area (Å²) >= 11 is 0. The molecule has 0 spiro atoms. The van der Waals surface area contributed by atoms with E-state index in [1.807, 2.05) is 12.1 Å². The van der Waals surface area contributed by atoms with Gasteiger partial charge in [0.2, 0.25) is 5.91 Å². The van der Waals surface area contributed by atoms with E-state index in [4.69, 9.17) is 9.47 Å². The minimum Gasteiger partial charge on any atom is -0.497 e. The molecule has 1 unspecified atom stereocenters. The Balaban J connectivity index is 1.47. The van der Waals surface area contributed by atoms with Gasteiger partial charge in [0.15, 0.2) is 5.65 Å². The van der Waals surface area contributed by atoms with Gasteiger partial charge in [-0.1, -0.05) is 0 Å². The lowest BCUT2D eigenvalue weighted by Gasteiger charge is -2.32. The molecule has 1 saturated heterocycles. The van der Waals surface area contributed by atoms with Gasteiger partial charge in [0, 0.05) is 19.2 Å². The average Bonchev–Trinajstić information content (AvgIpc) is 3.22. The number of carbonyl (C=O) groups excluding carboxylic acids is 1. The topological polar surface area (TPSA) is 93.9 Å². The molecule has 0 saturated carbocycles. The SMILES string of the molecule is COc1ccc(NC(=O)C2CCCN(c3ccc4nncn4n3)C2)c(OC)c1. The number of nitrogens with zero attached hydrogens (tertiary/aromatic N) is 5. The highest BCUT2D eigenvalue weighted by atomic mass is 16.5. The number of piperidine rings is 1. The van der Waals surface area contributed by atoms with E-state index in [-0.39, 0.29) is 11.8 Å². The fourth-order valence-corrected chi connectivity index (χ4v) is 3.42. The lowest BCUT2D eigenvalue weighted by molar-refractivity contribution is -0.120. The van der Waals surface area contributed by atoms with Gasteiger partial charge >= 0.3 is 0 Å². The molecule has 1 aliphatic heterocycles. The zero-order valence-corrected chi connectivity index (χ0v) is 15.8. The van der Waals surface area contributed by atoms with Crippen LogP contribution in [0.2, 0.25) is 0 Å². The zero-order chi connectivity index (χ0) is 19.5. The number of carbonyl (C=O) groups is 1. The third-order valence-electron chi connectivity index (χ3n) is 4.93. The predicted molar refractivity (Wildman–Crippen MR) is 104 cm³/mol. The molecule has 1 aliphatic rings. The molecule has 3 heterocycles. The normalized spacial score (nSPS) is 16.8. The number of aromatic nitrogens is 4. The molecular weight excluding hydrogens is 360 g/mol. The second-order valence-electron chi connectivity index (χ2n) is 6.67. The van der Waals surface area contributed by atoms with Crippen molar-refractivity contribution in [2.24, 2.45) is 5.92 Å². The summed E-state index contributed by atoms with van der Waals surface area (Å²) in [5, 5.41) is 15.3. The zero-order valence-electron chi connectivity index (χ0n) is 15.8. The van der Waals surface area contributed by atoms with Crippen molar-refractivity contribution in [2.45, 2.75) is 12.8 Å². The van der Waals surface area contributed by atoms with Gasteiger partial charge in [0.05, 0.1) is 25.8 Å². The molecule has 1 N–H and O–H groups in total. The van der Waals surface area contributed by atoms with E-state index in [1.54, 1.807) is 43.3 Å². The average molecular weight is 382 g/mol. The third-order valence-corrected chi connectivity index (χ3v) is 4.93. The summed E-state index contributed by atoms with van der Waals surface area (Å²) in [7, 11) is 3.16. The summed E-state index contributed by atoms with van der Waals surface area (Å²) in [5.74, 6) is 1.89. The fourth-order valence-electron chi connectivity index (χ4n) is 3.42. The Kier molecular flexibility index (Phi) is 4.96. The van der Waals surface area contributed by atoms with Crippen LogP contribution in [0.25, 0.3) is 5.65 Å². The Bertz CT molecular complexity index is 989. The maximum Gasteiger partial charge on any atom is 0.229 e. The summed E-state index contributed by atoms with van der Waals surface area (Å²) in [4.78, 5) is 15.0. The molecule has 4 rings (SSSR count). The Labute approximate surface area is 162 Å². The standard InChI is InChI=1S/C19H22N6O3/c1-27-14-5-6-15(16(10-14)28-2)21-19(26)13-4-3-9-24(11-13)18-8-7-17-22-20-12-25(17)23-18/h5-8,10,12-13H,3-4,9,11H2,1-2H3,(H,21,26). The molecule has 1 atom stereocenters. The van der Waals surface area contributed by atoms with Gasteiger partial charge in [-0.2, -0.15) is 4.52 Å². The minimum absolute atomic E-state index is 0.0291. The number of rotatable bonds is 5. The number of anilines is 2. The second-order valence-corrected chi connectivity index (χ2v) is 6.67. The van der Waals surface area contributed by atoms with Crippen LogP contribution in [-0.4, -0.2) is 53.0 Å². The third kappa shape index (κ3) is 3.55. The van der Waals surface area contributed by atoms with Crippen molar-refractivity contribution in [1.29, 1.82) is 0 Å². The number of ether oxygens (including phenoxy) is 2. The van der Waals surface area contributed by atoms with Gasteiger partial charge in [-0.3, -0.25) is 4.79 Å². The maximum absolute atomic E-state index is 12.9. The Morgan fingerprint density at radius 2 is 2.11 bits per heavy atom. The van der Waals surface area contributed by atoms with E-state index in [0.29, 0.717) is 29.4 Å². The monoisotopic (exact) mass is 382 g/mol.